The average molecular weight is 209 g/mol. The maximum atomic E-state index is 3.76. The van der Waals surface area contributed by atoms with Gasteiger partial charge in [0.1, 0.15) is 0 Å². The van der Waals surface area contributed by atoms with Gasteiger partial charge in [-0.3, -0.25) is 0 Å². The Morgan fingerprint density at radius 2 is 2.00 bits per heavy atom. The fourth-order valence-electron chi connectivity index (χ4n) is 2.81. The van der Waals surface area contributed by atoms with Crippen molar-refractivity contribution in [3.63, 3.8) is 0 Å². The van der Waals surface area contributed by atoms with Gasteiger partial charge >= 0.3 is 0 Å². The molecule has 0 amide bonds. The molecular weight excluding hydrogens is 182 g/mol. The van der Waals surface area contributed by atoms with Gasteiger partial charge in [0.05, 0.1) is 0 Å². The third-order valence-corrected chi connectivity index (χ3v) is 3.76. The molecule has 1 N–H and O–H groups in total. The van der Waals surface area contributed by atoms with Crippen molar-refractivity contribution < 1.29 is 0 Å². The largest absolute Gasteiger partial charge is 0.317 e. The summed E-state index contributed by atoms with van der Waals surface area (Å²) in [4.78, 5) is 0. The normalized spacial score (nSPS) is 26.5. The molecule has 15 heavy (non-hydrogen) atoms. The van der Waals surface area contributed by atoms with Crippen LogP contribution in [0, 0.1) is 5.92 Å². The fraction of sp³-hybridized carbons (Fsp3) is 0.857. The number of unbranched alkanes of at least 4 members (excludes halogenated alkanes) is 3. The summed E-state index contributed by atoms with van der Waals surface area (Å²) in [5.41, 5.74) is 0. The van der Waals surface area contributed by atoms with Gasteiger partial charge in [-0.2, -0.15) is 0 Å². The second-order valence-corrected chi connectivity index (χ2v) is 4.87. The van der Waals surface area contributed by atoms with E-state index in [9.17, 15) is 0 Å². The molecule has 1 rings (SSSR count). The van der Waals surface area contributed by atoms with Gasteiger partial charge in [-0.15, -0.1) is 6.58 Å². The van der Waals surface area contributed by atoms with Crippen LogP contribution < -0.4 is 5.32 Å². The van der Waals surface area contributed by atoms with Crippen LogP contribution in [0.15, 0.2) is 12.7 Å². The van der Waals surface area contributed by atoms with Crippen molar-refractivity contribution in [2.24, 2.45) is 5.92 Å². The summed E-state index contributed by atoms with van der Waals surface area (Å²) in [5.74, 6) is 0.951. The van der Waals surface area contributed by atoms with Gasteiger partial charge in [-0.1, -0.05) is 31.8 Å². The molecule has 0 aromatic heterocycles. The predicted octanol–water partition coefficient (Wildman–Crippen LogP) is 3.90. The lowest BCUT2D eigenvalue weighted by Crippen LogP contribution is -2.36. The molecule has 0 bridgehead atoms. The number of hydrogen-bond donors (Lipinski definition) is 1. The van der Waals surface area contributed by atoms with E-state index in [1.807, 2.05) is 6.08 Å². The second-order valence-electron chi connectivity index (χ2n) is 4.87. The summed E-state index contributed by atoms with van der Waals surface area (Å²) in [5, 5.41) is 3.49. The van der Waals surface area contributed by atoms with Crippen LogP contribution in [0.25, 0.3) is 0 Å². The van der Waals surface area contributed by atoms with Crippen molar-refractivity contribution >= 4 is 0 Å². The number of hydrogen-bond acceptors (Lipinski definition) is 1. The molecule has 0 heterocycles. The topological polar surface area (TPSA) is 12.0 Å². The average Bonchev–Trinajstić information content (AvgIpc) is 2.29. The number of allylic oxidation sites excluding steroid dienone is 1. The van der Waals surface area contributed by atoms with E-state index in [0.717, 1.165) is 12.0 Å². The van der Waals surface area contributed by atoms with Gasteiger partial charge in [0.25, 0.3) is 0 Å². The zero-order chi connectivity index (χ0) is 10.9. The molecule has 0 aromatic rings. The van der Waals surface area contributed by atoms with Crippen LogP contribution in [-0.2, 0) is 0 Å². The zero-order valence-electron chi connectivity index (χ0n) is 10.3. The highest BCUT2D eigenvalue weighted by Crippen LogP contribution is 2.28. The summed E-state index contributed by atoms with van der Waals surface area (Å²) in [6.07, 6.45) is 14.5. The first-order valence-corrected chi connectivity index (χ1v) is 6.66. The monoisotopic (exact) mass is 209 g/mol. The minimum atomic E-state index is 0.804. The molecule has 1 heteroatoms. The molecule has 1 aliphatic rings. The lowest BCUT2D eigenvalue weighted by atomic mass is 9.81. The molecule has 0 saturated heterocycles. The van der Waals surface area contributed by atoms with E-state index < -0.39 is 0 Å². The zero-order valence-corrected chi connectivity index (χ0v) is 10.3. The van der Waals surface area contributed by atoms with Gasteiger partial charge in [-0.25, -0.2) is 0 Å². The Bertz CT molecular complexity index is 165. The molecule has 1 nitrogen and oxygen atoms in total. The molecule has 0 radical (unpaired) electrons. The van der Waals surface area contributed by atoms with Gasteiger partial charge in [0.2, 0.25) is 0 Å². The third kappa shape index (κ3) is 4.83. The molecule has 1 saturated carbocycles. The summed E-state index contributed by atoms with van der Waals surface area (Å²) < 4.78 is 0. The van der Waals surface area contributed by atoms with Crippen molar-refractivity contribution in [3.05, 3.63) is 12.7 Å². The van der Waals surface area contributed by atoms with Crippen molar-refractivity contribution in [2.75, 3.05) is 7.05 Å². The molecular formula is C14H27N. The van der Waals surface area contributed by atoms with Crippen LogP contribution in [0.2, 0.25) is 0 Å². The quantitative estimate of drug-likeness (QED) is 0.495. The first-order valence-electron chi connectivity index (χ1n) is 6.66. The van der Waals surface area contributed by atoms with E-state index in [2.05, 4.69) is 18.9 Å². The van der Waals surface area contributed by atoms with Crippen molar-refractivity contribution in [2.45, 2.75) is 63.8 Å². The molecule has 2 atom stereocenters. The molecule has 88 valence electrons. The van der Waals surface area contributed by atoms with E-state index in [4.69, 9.17) is 0 Å². The Labute approximate surface area is 95.3 Å². The molecule has 1 fully saturated rings. The standard InChI is InChI=1S/C14H27N/c1-3-4-5-6-7-10-13-11-8-9-12-14(13)15-2/h3,13-15H,1,4-12H2,2H3. The maximum Gasteiger partial charge on any atom is 0.00923 e. The smallest absolute Gasteiger partial charge is 0.00923 e. The summed E-state index contributed by atoms with van der Waals surface area (Å²) in [6, 6.07) is 0.804. The Kier molecular flexibility index (Phi) is 6.74. The van der Waals surface area contributed by atoms with Crippen LogP contribution in [0.3, 0.4) is 0 Å². The predicted molar refractivity (Wildman–Crippen MR) is 68.1 cm³/mol. The lowest BCUT2D eigenvalue weighted by Gasteiger charge is -2.31. The molecule has 1 aliphatic carbocycles. The minimum Gasteiger partial charge on any atom is -0.317 e. The minimum absolute atomic E-state index is 0.804. The number of rotatable bonds is 7. The first kappa shape index (κ1) is 12.8. The fourth-order valence-corrected chi connectivity index (χ4v) is 2.81. The molecule has 0 spiro atoms. The second kappa shape index (κ2) is 7.92. The first-order chi connectivity index (χ1) is 7.38. The highest BCUT2D eigenvalue weighted by molar-refractivity contribution is 4.79. The van der Waals surface area contributed by atoms with E-state index in [1.54, 1.807) is 0 Å². The summed E-state index contributed by atoms with van der Waals surface area (Å²) in [6.45, 7) is 3.76. The van der Waals surface area contributed by atoms with Crippen LogP contribution in [-0.4, -0.2) is 13.1 Å². The van der Waals surface area contributed by atoms with Crippen LogP contribution >= 0.6 is 0 Å². The van der Waals surface area contributed by atoms with E-state index in [0.29, 0.717) is 0 Å². The Morgan fingerprint density at radius 3 is 2.73 bits per heavy atom. The van der Waals surface area contributed by atoms with E-state index >= 15 is 0 Å². The van der Waals surface area contributed by atoms with Gasteiger partial charge in [-0.05, 0) is 45.1 Å². The van der Waals surface area contributed by atoms with E-state index in [1.165, 1.54) is 57.8 Å². The SMILES string of the molecule is C=CCCCCCC1CCCCC1NC. The lowest BCUT2D eigenvalue weighted by molar-refractivity contribution is 0.254. The highest BCUT2D eigenvalue weighted by Gasteiger charge is 2.22. The highest BCUT2D eigenvalue weighted by atomic mass is 14.9. The van der Waals surface area contributed by atoms with Crippen molar-refractivity contribution in [1.82, 2.24) is 5.32 Å². The summed E-state index contributed by atoms with van der Waals surface area (Å²) >= 11 is 0. The van der Waals surface area contributed by atoms with Gasteiger partial charge in [0, 0.05) is 6.04 Å². The molecule has 0 aromatic carbocycles. The molecule has 2 unspecified atom stereocenters. The number of nitrogens with one attached hydrogen (secondary N) is 1. The van der Waals surface area contributed by atoms with Crippen molar-refractivity contribution in [1.29, 1.82) is 0 Å². The Hall–Kier alpha value is -0.300. The van der Waals surface area contributed by atoms with Crippen LogP contribution in [0.4, 0.5) is 0 Å². The van der Waals surface area contributed by atoms with Gasteiger partial charge in [0.15, 0.2) is 0 Å². The van der Waals surface area contributed by atoms with Gasteiger partial charge < -0.3 is 5.32 Å². The van der Waals surface area contributed by atoms with Crippen molar-refractivity contribution in [3.8, 4) is 0 Å². The molecule has 0 aliphatic heterocycles. The Balaban J connectivity index is 2.09. The maximum absolute atomic E-state index is 3.76. The third-order valence-electron chi connectivity index (χ3n) is 3.76. The Morgan fingerprint density at radius 1 is 1.20 bits per heavy atom. The van der Waals surface area contributed by atoms with Crippen LogP contribution in [0.1, 0.15) is 57.8 Å². The van der Waals surface area contributed by atoms with E-state index in [-0.39, 0.29) is 0 Å². The summed E-state index contributed by atoms with van der Waals surface area (Å²) in [7, 11) is 2.13. The van der Waals surface area contributed by atoms with Crippen LogP contribution in [0.5, 0.6) is 0 Å².